The van der Waals surface area contributed by atoms with E-state index in [0.717, 1.165) is 19.5 Å². The highest BCUT2D eigenvalue weighted by atomic mass is 32.1. The maximum Gasteiger partial charge on any atom is 0.236 e. The fraction of sp³-hybridized carbons (Fsp3) is 0.615. The molecule has 0 saturated heterocycles. The number of hydrogen-bond donors (Lipinski definition) is 2. The van der Waals surface area contributed by atoms with Crippen LogP contribution in [0.1, 0.15) is 35.6 Å². The third-order valence-electron chi connectivity index (χ3n) is 2.68. The van der Waals surface area contributed by atoms with Gasteiger partial charge in [-0.25, -0.2) is 0 Å². The Morgan fingerprint density at radius 2 is 2.18 bits per heavy atom. The van der Waals surface area contributed by atoms with Crippen LogP contribution in [0.3, 0.4) is 0 Å². The van der Waals surface area contributed by atoms with Crippen molar-refractivity contribution >= 4 is 17.2 Å². The summed E-state index contributed by atoms with van der Waals surface area (Å²) in [6, 6.07) is 2.05. The maximum atomic E-state index is 11.6. The number of carbonyl (C=O) groups is 1. The summed E-state index contributed by atoms with van der Waals surface area (Å²) in [4.78, 5) is 14.3. The lowest BCUT2D eigenvalue weighted by Gasteiger charge is -2.13. The van der Waals surface area contributed by atoms with Gasteiger partial charge in [0, 0.05) is 22.8 Å². The Bertz CT molecular complexity index is 373. The molecule has 1 amide bonds. The van der Waals surface area contributed by atoms with Gasteiger partial charge in [-0.2, -0.15) is 0 Å². The number of amides is 1. The van der Waals surface area contributed by atoms with Crippen molar-refractivity contribution in [1.29, 1.82) is 0 Å². The molecule has 0 aromatic carbocycles. The molecule has 2 N–H and O–H groups in total. The normalized spacial score (nSPS) is 12.5. The lowest BCUT2D eigenvalue weighted by molar-refractivity contribution is -0.122. The number of thiophene rings is 1. The van der Waals surface area contributed by atoms with E-state index in [4.69, 9.17) is 0 Å². The highest BCUT2D eigenvalue weighted by Gasteiger charge is 2.12. The number of nitrogens with one attached hydrogen (secondary N) is 2. The Kier molecular flexibility index (Phi) is 5.65. The van der Waals surface area contributed by atoms with Gasteiger partial charge in [-0.05, 0) is 38.8 Å². The van der Waals surface area contributed by atoms with Gasteiger partial charge in [-0.15, -0.1) is 11.3 Å². The summed E-state index contributed by atoms with van der Waals surface area (Å²) in [5.74, 6) is 0.0801. The summed E-state index contributed by atoms with van der Waals surface area (Å²) in [5.41, 5.74) is 1.29. The number of aryl methyl sites for hydroxylation is 2. The number of hydrogen-bond acceptors (Lipinski definition) is 3. The highest BCUT2D eigenvalue weighted by molar-refractivity contribution is 7.12. The molecule has 1 rings (SSSR count). The topological polar surface area (TPSA) is 41.1 Å². The van der Waals surface area contributed by atoms with Crippen LogP contribution in [0, 0.1) is 13.8 Å². The summed E-state index contributed by atoms with van der Waals surface area (Å²) >= 11 is 1.80. The second-order valence-electron chi connectivity index (χ2n) is 4.33. The first-order valence-electron chi connectivity index (χ1n) is 6.11. The molecular weight excluding hydrogens is 232 g/mol. The van der Waals surface area contributed by atoms with Gasteiger partial charge in [0.15, 0.2) is 0 Å². The van der Waals surface area contributed by atoms with E-state index in [-0.39, 0.29) is 11.9 Å². The van der Waals surface area contributed by atoms with E-state index in [1.165, 1.54) is 15.3 Å². The zero-order chi connectivity index (χ0) is 12.8. The molecule has 96 valence electrons. The Hall–Kier alpha value is -0.870. The molecule has 1 heterocycles. The first-order chi connectivity index (χ1) is 8.04. The second kappa shape index (κ2) is 6.77. The quantitative estimate of drug-likeness (QED) is 0.818. The number of rotatable bonds is 6. The minimum absolute atomic E-state index is 0.0801. The molecular formula is C13H22N2OS. The van der Waals surface area contributed by atoms with Crippen molar-refractivity contribution in [3.8, 4) is 0 Å². The zero-order valence-corrected chi connectivity index (χ0v) is 11.9. The van der Waals surface area contributed by atoms with Crippen LogP contribution in [0.15, 0.2) is 6.07 Å². The molecule has 0 spiro atoms. The molecule has 0 aliphatic rings. The van der Waals surface area contributed by atoms with Gasteiger partial charge >= 0.3 is 0 Å². The molecule has 17 heavy (non-hydrogen) atoms. The van der Waals surface area contributed by atoms with Gasteiger partial charge in [-0.3, -0.25) is 4.79 Å². The molecule has 0 saturated carbocycles. The van der Waals surface area contributed by atoms with E-state index in [1.807, 2.05) is 6.92 Å². The minimum atomic E-state index is -0.138. The summed E-state index contributed by atoms with van der Waals surface area (Å²) in [5, 5.41) is 6.15. The molecule has 4 heteroatoms. The average Bonchev–Trinajstić information content (AvgIpc) is 2.61. The fourth-order valence-corrected chi connectivity index (χ4v) is 2.56. The Morgan fingerprint density at radius 3 is 2.71 bits per heavy atom. The van der Waals surface area contributed by atoms with Crippen molar-refractivity contribution in [3.63, 3.8) is 0 Å². The van der Waals surface area contributed by atoms with Crippen molar-refractivity contribution < 1.29 is 4.79 Å². The predicted molar refractivity (Wildman–Crippen MR) is 73.4 cm³/mol. The molecule has 1 aromatic heterocycles. The van der Waals surface area contributed by atoms with Crippen LogP contribution in [0.2, 0.25) is 0 Å². The molecule has 0 aliphatic carbocycles. The van der Waals surface area contributed by atoms with Gasteiger partial charge in [0.2, 0.25) is 5.91 Å². The van der Waals surface area contributed by atoms with Crippen LogP contribution < -0.4 is 10.6 Å². The first kappa shape index (κ1) is 14.2. The lowest BCUT2D eigenvalue weighted by atomic mass is 10.2. The smallest absolute Gasteiger partial charge is 0.236 e. The van der Waals surface area contributed by atoms with Crippen molar-refractivity contribution in [2.45, 2.75) is 46.7 Å². The van der Waals surface area contributed by atoms with E-state index in [2.05, 4.69) is 37.5 Å². The standard InChI is InChI=1S/C13H22N2OS/c1-5-6-14-13(16)10(3)15-8-12-7-9(2)17-11(12)4/h7,10,15H,5-6,8H2,1-4H3,(H,14,16). The van der Waals surface area contributed by atoms with E-state index in [9.17, 15) is 4.79 Å². The first-order valence-corrected chi connectivity index (χ1v) is 6.93. The molecule has 0 radical (unpaired) electrons. The zero-order valence-electron chi connectivity index (χ0n) is 11.1. The summed E-state index contributed by atoms with van der Waals surface area (Å²) < 4.78 is 0. The molecule has 1 atom stereocenters. The van der Waals surface area contributed by atoms with Crippen LogP contribution >= 0.6 is 11.3 Å². The van der Waals surface area contributed by atoms with Crippen LogP contribution in [0.5, 0.6) is 0 Å². The fourth-order valence-electron chi connectivity index (χ4n) is 1.62. The Morgan fingerprint density at radius 1 is 1.47 bits per heavy atom. The lowest BCUT2D eigenvalue weighted by Crippen LogP contribution is -2.42. The monoisotopic (exact) mass is 254 g/mol. The molecule has 0 bridgehead atoms. The van der Waals surface area contributed by atoms with Crippen molar-refractivity contribution in [3.05, 3.63) is 21.4 Å². The largest absolute Gasteiger partial charge is 0.355 e. The van der Waals surface area contributed by atoms with Crippen molar-refractivity contribution in [2.24, 2.45) is 0 Å². The van der Waals surface area contributed by atoms with E-state index in [0.29, 0.717) is 0 Å². The van der Waals surface area contributed by atoms with Gasteiger partial charge < -0.3 is 10.6 Å². The molecule has 3 nitrogen and oxygen atoms in total. The van der Waals surface area contributed by atoms with Gasteiger partial charge in [0.25, 0.3) is 0 Å². The maximum absolute atomic E-state index is 11.6. The van der Waals surface area contributed by atoms with Crippen molar-refractivity contribution in [1.82, 2.24) is 10.6 Å². The molecule has 0 fully saturated rings. The number of carbonyl (C=O) groups excluding carboxylic acids is 1. The molecule has 1 aromatic rings. The van der Waals surface area contributed by atoms with Gasteiger partial charge in [0.05, 0.1) is 6.04 Å². The van der Waals surface area contributed by atoms with Gasteiger partial charge in [0.1, 0.15) is 0 Å². The van der Waals surface area contributed by atoms with E-state index in [1.54, 1.807) is 11.3 Å². The average molecular weight is 254 g/mol. The molecule has 1 unspecified atom stereocenters. The third-order valence-corrected chi connectivity index (χ3v) is 3.69. The summed E-state index contributed by atoms with van der Waals surface area (Å²) in [6.45, 7) is 9.70. The van der Waals surface area contributed by atoms with Crippen LogP contribution in [0.25, 0.3) is 0 Å². The van der Waals surface area contributed by atoms with Gasteiger partial charge in [-0.1, -0.05) is 6.92 Å². The Balaban J connectivity index is 2.40. The predicted octanol–water partition coefficient (Wildman–Crippen LogP) is 2.37. The molecule has 0 aliphatic heterocycles. The Labute approximate surface area is 108 Å². The van der Waals surface area contributed by atoms with Crippen LogP contribution in [0.4, 0.5) is 0 Å². The summed E-state index contributed by atoms with van der Waals surface area (Å²) in [6.07, 6.45) is 0.974. The minimum Gasteiger partial charge on any atom is -0.355 e. The summed E-state index contributed by atoms with van der Waals surface area (Å²) in [7, 11) is 0. The van der Waals surface area contributed by atoms with E-state index < -0.39 is 0 Å². The van der Waals surface area contributed by atoms with Crippen LogP contribution in [-0.2, 0) is 11.3 Å². The van der Waals surface area contributed by atoms with E-state index >= 15 is 0 Å². The van der Waals surface area contributed by atoms with Crippen molar-refractivity contribution in [2.75, 3.05) is 6.54 Å². The highest BCUT2D eigenvalue weighted by Crippen LogP contribution is 2.20. The second-order valence-corrected chi connectivity index (χ2v) is 5.79. The third kappa shape index (κ3) is 4.48. The SMILES string of the molecule is CCCNC(=O)C(C)NCc1cc(C)sc1C. The van der Waals surface area contributed by atoms with Crippen LogP contribution in [-0.4, -0.2) is 18.5 Å².